The highest BCUT2D eigenvalue weighted by Crippen LogP contribution is 2.15. The van der Waals surface area contributed by atoms with Crippen molar-refractivity contribution in [2.24, 2.45) is 0 Å². The van der Waals surface area contributed by atoms with Crippen molar-refractivity contribution >= 4 is 5.91 Å². The maximum atomic E-state index is 11.8. The molecular formula is C18H20N2O3. The standard InChI is InChI=1S/C18H20N2O3/c1-13-8-4-5-9-17(13)22-11-7-6-10-19-18(21)12-16-14(2)20-23-15(16)3/h4-5,8-9H,10-12H2,1-3H3,(H,19,21). The third-order valence-corrected chi connectivity index (χ3v) is 3.41. The Bertz CT molecular complexity index is 719. The van der Waals surface area contributed by atoms with Crippen LogP contribution >= 0.6 is 0 Å². The summed E-state index contributed by atoms with van der Waals surface area (Å²) in [5.74, 6) is 7.15. The van der Waals surface area contributed by atoms with Crippen LogP contribution in [-0.4, -0.2) is 24.2 Å². The third kappa shape index (κ3) is 4.89. The maximum absolute atomic E-state index is 11.8. The number of para-hydroxylation sites is 1. The molecule has 23 heavy (non-hydrogen) atoms. The maximum Gasteiger partial charge on any atom is 0.225 e. The second kappa shape index (κ2) is 8.04. The first-order valence-corrected chi connectivity index (χ1v) is 7.40. The van der Waals surface area contributed by atoms with Crippen LogP contribution < -0.4 is 10.1 Å². The van der Waals surface area contributed by atoms with Crippen LogP contribution in [0, 0.1) is 32.6 Å². The van der Waals surface area contributed by atoms with Crippen LogP contribution in [0.25, 0.3) is 0 Å². The lowest BCUT2D eigenvalue weighted by Gasteiger charge is -2.04. The van der Waals surface area contributed by atoms with Crippen molar-refractivity contribution in [2.45, 2.75) is 27.2 Å². The SMILES string of the molecule is Cc1ccccc1OCC#CCNC(=O)Cc1c(C)noc1C. The van der Waals surface area contributed by atoms with Gasteiger partial charge in [-0.1, -0.05) is 35.2 Å². The molecule has 0 saturated heterocycles. The molecule has 1 heterocycles. The van der Waals surface area contributed by atoms with E-state index in [1.54, 1.807) is 6.92 Å². The van der Waals surface area contributed by atoms with Gasteiger partial charge in [-0.3, -0.25) is 4.79 Å². The topological polar surface area (TPSA) is 64.4 Å². The number of hydrogen-bond donors (Lipinski definition) is 1. The highest BCUT2D eigenvalue weighted by Gasteiger charge is 2.12. The Morgan fingerprint density at radius 1 is 1.26 bits per heavy atom. The molecular weight excluding hydrogens is 292 g/mol. The number of ether oxygens (including phenoxy) is 1. The third-order valence-electron chi connectivity index (χ3n) is 3.41. The Kier molecular flexibility index (Phi) is 5.81. The van der Waals surface area contributed by atoms with Gasteiger partial charge in [0.1, 0.15) is 18.1 Å². The van der Waals surface area contributed by atoms with E-state index in [4.69, 9.17) is 9.26 Å². The van der Waals surface area contributed by atoms with E-state index in [1.807, 2.05) is 38.1 Å². The Balaban J connectivity index is 1.71. The van der Waals surface area contributed by atoms with Gasteiger partial charge in [0.2, 0.25) is 5.91 Å². The lowest BCUT2D eigenvalue weighted by molar-refractivity contribution is -0.120. The van der Waals surface area contributed by atoms with Crippen molar-refractivity contribution in [3.05, 3.63) is 46.8 Å². The number of rotatable bonds is 5. The molecule has 1 aromatic carbocycles. The fourth-order valence-electron chi connectivity index (χ4n) is 2.07. The van der Waals surface area contributed by atoms with Crippen molar-refractivity contribution in [2.75, 3.05) is 13.2 Å². The minimum Gasteiger partial charge on any atom is -0.481 e. The van der Waals surface area contributed by atoms with Gasteiger partial charge in [-0.2, -0.15) is 0 Å². The largest absolute Gasteiger partial charge is 0.481 e. The molecule has 0 aliphatic heterocycles. The van der Waals surface area contributed by atoms with E-state index in [9.17, 15) is 4.79 Å². The van der Waals surface area contributed by atoms with Crippen molar-refractivity contribution < 1.29 is 14.1 Å². The second-order valence-corrected chi connectivity index (χ2v) is 5.16. The summed E-state index contributed by atoms with van der Waals surface area (Å²) in [4.78, 5) is 11.8. The van der Waals surface area contributed by atoms with E-state index < -0.39 is 0 Å². The molecule has 0 unspecified atom stereocenters. The van der Waals surface area contributed by atoms with E-state index in [1.165, 1.54) is 0 Å². The van der Waals surface area contributed by atoms with Gasteiger partial charge in [-0.25, -0.2) is 0 Å². The molecule has 120 valence electrons. The minimum absolute atomic E-state index is 0.103. The summed E-state index contributed by atoms with van der Waals surface area (Å²) in [5.41, 5.74) is 2.65. The van der Waals surface area contributed by atoms with Gasteiger partial charge in [0.05, 0.1) is 18.7 Å². The zero-order valence-electron chi connectivity index (χ0n) is 13.6. The predicted molar refractivity (Wildman–Crippen MR) is 87.1 cm³/mol. The number of aryl methyl sites for hydroxylation is 3. The monoisotopic (exact) mass is 312 g/mol. The molecule has 5 nitrogen and oxygen atoms in total. The molecule has 1 aromatic heterocycles. The Labute approximate surface area is 136 Å². The van der Waals surface area contributed by atoms with Crippen molar-refractivity contribution in [3.63, 3.8) is 0 Å². The summed E-state index contributed by atoms with van der Waals surface area (Å²) in [5, 5.41) is 6.57. The number of aromatic nitrogens is 1. The number of carbonyl (C=O) groups excluding carboxylic acids is 1. The molecule has 1 amide bonds. The van der Waals surface area contributed by atoms with Crippen LogP contribution in [0.5, 0.6) is 5.75 Å². The summed E-state index contributed by atoms with van der Waals surface area (Å²) in [6.07, 6.45) is 0.253. The first-order valence-electron chi connectivity index (χ1n) is 7.40. The fourth-order valence-corrected chi connectivity index (χ4v) is 2.07. The van der Waals surface area contributed by atoms with Crippen molar-refractivity contribution in [3.8, 4) is 17.6 Å². The van der Waals surface area contributed by atoms with Crippen LogP contribution in [0.4, 0.5) is 0 Å². The van der Waals surface area contributed by atoms with Gasteiger partial charge in [0.25, 0.3) is 0 Å². The zero-order valence-corrected chi connectivity index (χ0v) is 13.6. The molecule has 0 atom stereocenters. The lowest BCUT2D eigenvalue weighted by atomic mass is 10.1. The molecule has 0 saturated carbocycles. The normalized spacial score (nSPS) is 9.87. The molecule has 0 aliphatic rings. The van der Waals surface area contributed by atoms with E-state index >= 15 is 0 Å². The highest BCUT2D eigenvalue weighted by molar-refractivity contribution is 5.79. The lowest BCUT2D eigenvalue weighted by Crippen LogP contribution is -2.25. The van der Waals surface area contributed by atoms with Crippen LogP contribution in [-0.2, 0) is 11.2 Å². The average Bonchev–Trinajstić information content (AvgIpc) is 2.84. The van der Waals surface area contributed by atoms with Gasteiger partial charge in [0, 0.05) is 5.56 Å². The number of carbonyl (C=O) groups is 1. The molecule has 0 radical (unpaired) electrons. The van der Waals surface area contributed by atoms with Crippen LogP contribution in [0.1, 0.15) is 22.6 Å². The van der Waals surface area contributed by atoms with E-state index in [2.05, 4.69) is 22.3 Å². The van der Waals surface area contributed by atoms with Gasteiger partial charge in [-0.15, -0.1) is 0 Å². The second-order valence-electron chi connectivity index (χ2n) is 5.16. The summed E-state index contributed by atoms with van der Waals surface area (Å²) >= 11 is 0. The Morgan fingerprint density at radius 2 is 2.04 bits per heavy atom. The van der Waals surface area contributed by atoms with Crippen molar-refractivity contribution in [1.82, 2.24) is 10.5 Å². The summed E-state index contributed by atoms with van der Waals surface area (Å²) in [7, 11) is 0. The van der Waals surface area contributed by atoms with Crippen LogP contribution in [0.2, 0.25) is 0 Å². The number of benzene rings is 1. The molecule has 2 aromatic rings. The first-order chi connectivity index (χ1) is 11.1. The molecule has 5 heteroatoms. The smallest absolute Gasteiger partial charge is 0.225 e. The summed E-state index contributed by atoms with van der Waals surface area (Å²) < 4.78 is 10.6. The summed E-state index contributed by atoms with van der Waals surface area (Å²) in [6.45, 7) is 6.19. The van der Waals surface area contributed by atoms with Crippen LogP contribution in [0.15, 0.2) is 28.8 Å². The summed E-state index contributed by atoms with van der Waals surface area (Å²) in [6, 6.07) is 7.77. The Hall–Kier alpha value is -2.74. The molecule has 0 aliphatic carbocycles. The van der Waals surface area contributed by atoms with Gasteiger partial charge in [-0.05, 0) is 32.4 Å². The number of amides is 1. The average molecular weight is 312 g/mol. The molecule has 0 bridgehead atoms. The highest BCUT2D eigenvalue weighted by atomic mass is 16.5. The van der Waals surface area contributed by atoms with Gasteiger partial charge < -0.3 is 14.6 Å². The fraction of sp³-hybridized carbons (Fsp3) is 0.333. The quantitative estimate of drug-likeness (QED) is 0.861. The zero-order chi connectivity index (χ0) is 16.7. The van der Waals surface area contributed by atoms with Crippen molar-refractivity contribution in [1.29, 1.82) is 0 Å². The van der Waals surface area contributed by atoms with Gasteiger partial charge >= 0.3 is 0 Å². The Morgan fingerprint density at radius 3 is 2.74 bits per heavy atom. The van der Waals surface area contributed by atoms with E-state index in [0.717, 1.165) is 22.6 Å². The number of nitrogens with zero attached hydrogens (tertiary/aromatic N) is 1. The number of hydrogen-bond acceptors (Lipinski definition) is 4. The molecule has 0 fully saturated rings. The number of nitrogens with one attached hydrogen (secondary N) is 1. The molecule has 0 spiro atoms. The van der Waals surface area contributed by atoms with E-state index in [0.29, 0.717) is 18.9 Å². The molecule has 1 N–H and O–H groups in total. The molecule has 2 rings (SSSR count). The van der Waals surface area contributed by atoms with Gasteiger partial charge in [0.15, 0.2) is 0 Å². The van der Waals surface area contributed by atoms with E-state index in [-0.39, 0.29) is 12.3 Å². The minimum atomic E-state index is -0.103. The van der Waals surface area contributed by atoms with Crippen LogP contribution in [0.3, 0.4) is 0 Å². The predicted octanol–water partition coefficient (Wildman–Crippen LogP) is 2.34. The first kappa shape index (κ1) is 16.6.